The zero-order valence-electron chi connectivity index (χ0n) is 22.8. The van der Waals surface area contributed by atoms with E-state index in [9.17, 15) is 29.8 Å². The maximum Gasteiger partial charge on any atom is 0.259 e. The molecule has 2 fully saturated rings. The molecule has 13 heteroatoms. The van der Waals surface area contributed by atoms with Crippen LogP contribution in [0, 0.1) is 17.1 Å². The lowest BCUT2D eigenvalue weighted by Gasteiger charge is -2.46. The molecule has 0 spiro atoms. The van der Waals surface area contributed by atoms with E-state index in [1.807, 2.05) is 0 Å². The van der Waals surface area contributed by atoms with Crippen LogP contribution in [0.25, 0.3) is 11.3 Å². The fourth-order valence-electron chi connectivity index (χ4n) is 5.85. The lowest BCUT2D eigenvalue weighted by molar-refractivity contribution is -0.211. The average molecular weight is 644 g/mol. The minimum Gasteiger partial charge on any atom is -0.394 e. The van der Waals surface area contributed by atoms with E-state index >= 15 is 0 Å². The first-order chi connectivity index (χ1) is 20.2. The molecule has 5 rings (SSSR count). The molecule has 2 aliphatic rings. The number of halogens is 2. The Balaban J connectivity index is 1.54. The standard InChI is InChI=1S/C29H31BrFN5O6/c1-41-27-25(35-14-21(33-34-35)17-10-18(30)12-19(31)11-17)26(39)24(15-37)42-28(27)29(40)36(22-7-2-3-8-23(22)38)20-6-4-5-16(9-20)13-32/h4-6,9-12,14,22-28,37-39H,2-3,7-8,15H2,1H3/t22-,23-,24+,25-,26-,27+,28+/m0/s1. The molecule has 2 heterocycles. The number of benzene rings is 2. The summed E-state index contributed by atoms with van der Waals surface area (Å²) in [4.78, 5) is 15.9. The Morgan fingerprint density at radius 2 is 2.05 bits per heavy atom. The molecule has 3 N–H and O–H groups in total. The van der Waals surface area contributed by atoms with Crippen LogP contribution in [0.15, 0.2) is 53.1 Å². The Hall–Kier alpha value is -3.25. The van der Waals surface area contributed by atoms with Gasteiger partial charge in [-0.05, 0) is 49.2 Å². The SMILES string of the molecule is CO[C@@H]1[C@@H](n2cc(-c3cc(F)cc(Br)c3)nn2)[C@@H](O)[C@@H](CO)O[C@H]1C(=O)N(c1cccc(C#N)c1)[C@H]1CCCC[C@@H]1O. The first kappa shape index (κ1) is 30.2. The second-order valence-corrected chi connectivity index (χ2v) is 11.4. The zero-order chi connectivity index (χ0) is 30.0. The van der Waals surface area contributed by atoms with Gasteiger partial charge < -0.3 is 29.7 Å². The highest BCUT2D eigenvalue weighted by Crippen LogP contribution is 2.36. The Morgan fingerprint density at radius 1 is 1.26 bits per heavy atom. The Bertz CT molecular complexity index is 1450. The normalized spacial score (nSPS) is 27.8. The van der Waals surface area contributed by atoms with Crippen LogP contribution in [-0.4, -0.2) is 86.5 Å². The number of hydrogen-bond acceptors (Lipinski definition) is 9. The van der Waals surface area contributed by atoms with Crippen LogP contribution in [0.3, 0.4) is 0 Å². The number of carbonyl (C=O) groups excluding carboxylic acids is 1. The van der Waals surface area contributed by atoms with Crippen LogP contribution in [0.2, 0.25) is 0 Å². The molecular formula is C29H31BrFN5O6. The van der Waals surface area contributed by atoms with Crippen LogP contribution in [-0.2, 0) is 14.3 Å². The van der Waals surface area contributed by atoms with Gasteiger partial charge in [0.2, 0.25) is 0 Å². The maximum atomic E-state index is 14.4. The minimum atomic E-state index is -1.35. The summed E-state index contributed by atoms with van der Waals surface area (Å²) in [6, 6.07) is 11.2. The number of anilines is 1. The van der Waals surface area contributed by atoms with Crippen LogP contribution >= 0.6 is 15.9 Å². The first-order valence-corrected chi connectivity index (χ1v) is 14.4. The van der Waals surface area contributed by atoms with Crippen molar-refractivity contribution < 1.29 is 34.0 Å². The van der Waals surface area contributed by atoms with Gasteiger partial charge in [0, 0.05) is 22.8 Å². The van der Waals surface area contributed by atoms with Gasteiger partial charge in [-0.3, -0.25) is 4.79 Å². The van der Waals surface area contributed by atoms with Gasteiger partial charge in [-0.1, -0.05) is 40.1 Å². The van der Waals surface area contributed by atoms with E-state index in [1.165, 1.54) is 35.0 Å². The number of hydrogen-bond donors (Lipinski definition) is 3. The maximum absolute atomic E-state index is 14.4. The van der Waals surface area contributed by atoms with Gasteiger partial charge in [0.25, 0.3) is 5.91 Å². The molecule has 1 aliphatic heterocycles. The van der Waals surface area contributed by atoms with Gasteiger partial charge >= 0.3 is 0 Å². The van der Waals surface area contributed by atoms with Gasteiger partial charge in [0.15, 0.2) is 6.10 Å². The molecule has 2 aromatic carbocycles. The van der Waals surface area contributed by atoms with Crippen LogP contribution < -0.4 is 4.90 Å². The molecule has 1 amide bonds. The largest absolute Gasteiger partial charge is 0.394 e. The summed E-state index contributed by atoms with van der Waals surface area (Å²) in [6.45, 7) is -0.605. The quantitative estimate of drug-likeness (QED) is 0.352. The minimum absolute atomic E-state index is 0.312. The van der Waals surface area contributed by atoms with Gasteiger partial charge in [0.05, 0.1) is 36.6 Å². The van der Waals surface area contributed by atoms with Crippen LogP contribution in [0.4, 0.5) is 10.1 Å². The second kappa shape index (κ2) is 12.9. The van der Waals surface area contributed by atoms with Crippen molar-refractivity contribution in [2.24, 2.45) is 0 Å². The smallest absolute Gasteiger partial charge is 0.259 e. The highest BCUT2D eigenvalue weighted by molar-refractivity contribution is 9.10. The average Bonchev–Trinajstić information content (AvgIpc) is 3.47. The highest BCUT2D eigenvalue weighted by atomic mass is 79.9. The van der Waals surface area contributed by atoms with Crippen LogP contribution in [0.5, 0.6) is 0 Å². The number of aliphatic hydroxyl groups excluding tert-OH is 3. The topological polar surface area (TPSA) is 154 Å². The molecule has 1 saturated heterocycles. The fourth-order valence-corrected chi connectivity index (χ4v) is 6.32. The van der Waals surface area contributed by atoms with Crippen molar-refractivity contribution in [1.29, 1.82) is 5.26 Å². The fraction of sp³-hybridized carbons (Fsp3) is 0.448. The van der Waals surface area contributed by atoms with Gasteiger partial charge in [-0.2, -0.15) is 5.26 Å². The summed E-state index contributed by atoms with van der Waals surface area (Å²) in [7, 11) is 1.37. The number of aromatic nitrogens is 3. The molecule has 0 bridgehead atoms. The second-order valence-electron chi connectivity index (χ2n) is 10.5. The predicted molar refractivity (Wildman–Crippen MR) is 152 cm³/mol. The van der Waals surface area contributed by atoms with E-state index < -0.39 is 60.9 Å². The lowest BCUT2D eigenvalue weighted by Crippen LogP contribution is -2.63. The molecule has 0 radical (unpaired) electrons. The summed E-state index contributed by atoms with van der Waals surface area (Å²) in [6.07, 6.45) is -1.65. The van der Waals surface area contributed by atoms with E-state index in [1.54, 1.807) is 30.3 Å². The summed E-state index contributed by atoms with van der Waals surface area (Å²) in [5.74, 6) is -1.04. The summed E-state index contributed by atoms with van der Waals surface area (Å²) >= 11 is 3.27. The molecule has 3 aromatic rings. The van der Waals surface area contributed by atoms with Gasteiger partial charge in [-0.15, -0.1) is 5.10 Å². The number of rotatable bonds is 7. The van der Waals surface area contributed by atoms with E-state index in [0.29, 0.717) is 39.8 Å². The molecule has 42 heavy (non-hydrogen) atoms. The van der Waals surface area contributed by atoms with Crippen molar-refractivity contribution in [2.45, 2.75) is 68.3 Å². The lowest BCUT2D eigenvalue weighted by atomic mass is 9.88. The Morgan fingerprint density at radius 3 is 2.74 bits per heavy atom. The highest BCUT2D eigenvalue weighted by Gasteiger charge is 2.52. The number of amides is 1. The molecule has 1 aliphatic carbocycles. The van der Waals surface area contributed by atoms with Crippen molar-refractivity contribution in [3.8, 4) is 17.3 Å². The first-order valence-electron chi connectivity index (χ1n) is 13.6. The number of ether oxygens (including phenoxy) is 2. The Kier molecular flexibility index (Phi) is 9.32. The van der Waals surface area contributed by atoms with Crippen LogP contribution in [0.1, 0.15) is 37.3 Å². The number of methoxy groups -OCH3 is 1. The molecule has 1 saturated carbocycles. The van der Waals surface area contributed by atoms with Crippen molar-refractivity contribution in [1.82, 2.24) is 15.0 Å². The molecule has 11 nitrogen and oxygen atoms in total. The number of nitriles is 1. The van der Waals surface area contributed by atoms with E-state index in [-0.39, 0.29) is 0 Å². The monoisotopic (exact) mass is 643 g/mol. The van der Waals surface area contributed by atoms with E-state index in [2.05, 4.69) is 32.3 Å². The van der Waals surface area contributed by atoms with Gasteiger partial charge in [-0.25, -0.2) is 9.07 Å². The van der Waals surface area contributed by atoms with Crippen molar-refractivity contribution in [2.75, 3.05) is 18.6 Å². The van der Waals surface area contributed by atoms with Gasteiger partial charge in [0.1, 0.15) is 35.9 Å². The van der Waals surface area contributed by atoms with Crippen molar-refractivity contribution in [3.63, 3.8) is 0 Å². The molecule has 222 valence electrons. The summed E-state index contributed by atoms with van der Waals surface area (Å²) < 4.78 is 27.7. The molecule has 1 aromatic heterocycles. The number of nitrogens with zero attached hydrogens (tertiary/aromatic N) is 5. The molecule has 0 unspecified atom stereocenters. The van der Waals surface area contributed by atoms with E-state index in [0.717, 1.165) is 12.8 Å². The zero-order valence-corrected chi connectivity index (χ0v) is 24.3. The number of carbonyl (C=O) groups is 1. The Labute approximate surface area is 250 Å². The predicted octanol–water partition coefficient (Wildman–Crippen LogP) is 2.73. The third-order valence-corrected chi connectivity index (χ3v) is 8.33. The van der Waals surface area contributed by atoms with E-state index in [4.69, 9.17) is 9.47 Å². The van der Waals surface area contributed by atoms with Crippen molar-refractivity contribution in [3.05, 3.63) is 64.5 Å². The third kappa shape index (κ3) is 5.96. The van der Waals surface area contributed by atoms with Crippen molar-refractivity contribution >= 4 is 27.5 Å². The third-order valence-electron chi connectivity index (χ3n) is 7.87. The summed E-state index contributed by atoms with van der Waals surface area (Å²) in [5, 5.41) is 50.1. The molecule has 7 atom stereocenters. The molecular weight excluding hydrogens is 613 g/mol. The number of aliphatic hydroxyl groups is 3. The summed E-state index contributed by atoms with van der Waals surface area (Å²) in [5.41, 5.74) is 1.49.